The summed E-state index contributed by atoms with van der Waals surface area (Å²) in [5.41, 5.74) is 0. The first kappa shape index (κ1) is 45.7. The molecule has 0 radical (unpaired) electrons. The molecule has 0 amide bonds. The third-order valence-electron chi connectivity index (χ3n) is 10.6. The van der Waals surface area contributed by atoms with Crippen molar-refractivity contribution in [3.8, 4) is 0 Å². The highest BCUT2D eigenvalue weighted by atomic mass is 16.1. The van der Waals surface area contributed by atoms with E-state index < -0.39 is 0 Å². The Morgan fingerprint density at radius 2 is 0.370 bits per heavy atom. The monoisotopic (exact) mass is 647 g/mol. The molecule has 0 fully saturated rings. The second-order valence-electron chi connectivity index (χ2n) is 15.6. The van der Waals surface area contributed by atoms with Crippen molar-refractivity contribution < 1.29 is 4.79 Å². The second-order valence-corrected chi connectivity index (χ2v) is 15.6. The van der Waals surface area contributed by atoms with Gasteiger partial charge in [-0.2, -0.15) is 0 Å². The molecule has 1 nitrogen and oxygen atoms in total. The summed E-state index contributed by atoms with van der Waals surface area (Å²) in [7, 11) is 0. The van der Waals surface area contributed by atoms with Crippen LogP contribution in [0.25, 0.3) is 0 Å². The van der Waals surface area contributed by atoms with Crippen LogP contribution >= 0.6 is 0 Å². The van der Waals surface area contributed by atoms with Gasteiger partial charge in [-0.25, -0.2) is 0 Å². The van der Waals surface area contributed by atoms with Gasteiger partial charge in [0.15, 0.2) is 0 Å². The lowest BCUT2D eigenvalue weighted by Crippen LogP contribution is -1.89. The Kier molecular flexibility index (Phi) is 42.4. The number of Topliss-reactive ketones (excluding diaryl/α,β-unsaturated/α-hetero) is 1. The minimum Gasteiger partial charge on any atom is -0.300 e. The molecule has 0 saturated heterocycles. The molecule has 0 aliphatic rings. The van der Waals surface area contributed by atoms with Crippen molar-refractivity contribution in [3.05, 3.63) is 0 Å². The average molecular weight is 647 g/mol. The highest BCUT2D eigenvalue weighted by molar-refractivity contribution is 5.75. The number of hydrogen-bond donors (Lipinski definition) is 0. The summed E-state index contributed by atoms with van der Waals surface area (Å²) in [5, 5.41) is 0. The van der Waals surface area contributed by atoms with E-state index in [2.05, 4.69) is 6.92 Å². The van der Waals surface area contributed by atoms with E-state index in [1.54, 1.807) is 6.92 Å². The minimum absolute atomic E-state index is 0.353. The Morgan fingerprint density at radius 1 is 0.239 bits per heavy atom. The third-order valence-corrected chi connectivity index (χ3v) is 10.6. The number of ketones is 1. The number of carbonyl (C=O) groups excluding carboxylic acids is 1. The molecule has 0 bridgehead atoms. The van der Waals surface area contributed by atoms with Crippen molar-refractivity contribution in [2.24, 2.45) is 0 Å². The van der Waals surface area contributed by atoms with Gasteiger partial charge < -0.3 is 4.79 Å². The van der Waals surface area contributed by atoms with Crippen molar-refractivity contribution in [2.45, 2.75) is 284 Å². The fourth-order valence-electron chi connectivity index (χ4n) is 7.34. The van der Waals surface area contributed by atoms with Crippen molar-refractivity contribution in [1.29, 1.82) is 0 Å². The average Bonchev–Trinajstić information content (AvgIpc) is 3.05. The summed E-state index contributed by atoms with van der Waals surface area (Å²) in [5.74, 6) is 0.353. The molecule has 0 aromatic heterocycles. The van der Waals surface area contributed by atoms with Gasteiger partial charge in [-0.05, 0) is 13.3 Å². The molecule has 0 aliphatic heterocycles. The van der Waals surface area contributed by atoms with Crippen LogP contribution in [0.2, 0.25) is 0 Å². The van der Waals surface area contributed by atoms with Crippen LogP contribution in [0.4, 0.5) is 0 Å². The fourth-order valence-corrected chi connectivity index (χ4v) is 7.34. The van der Waals surface area contributed by atoms with Crippen LogP contribution in [0.3, 0.4) is 0 Å². The molecule has 0 saturated carbocycles. The van der Waals surface area contributed by atoms with E-state index in [-0.39, 0.29) is 0 Å². The predicted molar refractivity (Wildman–Crippen MR) is 210 cm³/mol. The molecule has 276 valence electrons. The molecule has 0 heterocycles. The Hall–Kier alpha value is -0.330. The standard InChI is InChI=1S/C45H90O/c1-3-4-5-6-7-8-9-10-11-12-13-14-15-16-17-18-19-20-21-22-23-24-25-26-27-28-29-30-31-32-33-34-35-36-37-38-39-40-41-42-43-44-45(2)46/h3-44H2,1-2H3. The number of carbonyl (C=O) groups is 1. The Bertz CT molecular complexity index is 539. The van der Waals surface area contributed by atoms with E-state index in [1.165, 1.54) is 257 Å². The van der Waals surface area contributed by atoms with Crippen molar-refractivity contribution in [2.75, 3.05) is 0 Å². The maximum Gasteiger partial charge on any atom is 0.129 e. The largest absolute Gasteiger partial charge is 0.300 e. The maximum absolute atomic E-state index is 10.9. The highest BCUT2D eigenvalue weighted by Crippen LogP contribution is 2.18. The van der Waals surface area contributed by atoms with E-state index >= 15 is 0 Å². The Balaban J connectivity index is 3.04. The van der Waals surface area contributed by atoms with Crippen molar-refractivity contribution >= 4 is 5.78 Å². The van der Waals surface area contributed by atoms with Crippen molar-refractivity contribution in [3.63, 3.8) is 0 Å². The molecule has 0 spiro atoms. The number of rotatable bonds is 42. The molecule has 46 heavy (non-hydrogen) atoms. The summed E-state index contributed by atoms with van der Waals surface area (Å²) in [6.45, 7) is 4.02. The zero-order valence-corrected chi connectivity index (χ0v) is 32.6. The number of hydrogen-bond acceptors (Lipinski definition) is 1. The normalized spacial score (nSPS) is 11.5. The van der Waals surface area contributed by atoms with Crippen LogP contribution in [0.1, 0.15) is 284 Å². The first-order chi connectivity index (χ1) is 22.8. The van der Waals surface area contributed by atoms with Gasteiger partial charge in [0, 0.05) is 6.42 Å². The third kappa shape index (κ3) is 43.7. The molecular formula is C45H90O. The zero-order valence-electron chi connectivity index (χ0n) is 32.6. The second kappa shape index (κ2) is 42.7. The molecule has 0 unspecified atom stereocenters. The highest BCUT2D eigenvalue weighted by Gasteiger charge is 1.98. The molecule has 1 heteroatoms. The van der Waals surface area contributed by atoms with Gasteiger partial charge >= 0.3 is 0 Å². The summed E-state index contributed by atoms with van der Waals surface area (Å²) >= 11 is 0. The summed E-state index contributed by atoms with van der Waals surface area (Å²) < 4.78 is 0. The van der Waals surface area contributed by atoms with Crippen molar-refractivity contribution in [1.82, 2.24) is 0 Å². The van der Waals surface area contributed by atoms with E-state index in [1.807, 2.05) is 0 Å². The van der Waals surface area contributed by atoms with Crippen LogP contribution in [-0.4, -0.2) is 5.78 Å². The predicted octanol–water partition coefficient (Wildman–Crippen LogP) is 17.0. The fraction of sp³-hybridized carbons (Fsp3) is 0.978. The molecule has 0 aliphatic carbocycles. The molecule has 0 N–H and O–H groups in total. The van der Waals surface area contributed by atoms with Gasteiger partial charge in [-0.1, -0.05) is 264 Å². The van der Waals surface area contributed by atoms with Gasteiger partial charge in [-0.3, -0.25) is 0 Å². The number of unbranched alkanes of at least 4 members (excludes halogenated alkanes) is 40. The summed E-state index contributed by atoms with van der Waals surface area (Å²) in [6, 6.07) is 0. The zero-order chi connectivity index (χ0) is 33.3. The lowest BCUT2D eigenvalue weighted by atomic mass is 10.0. The molecule has 0 atom stereocenters. The van der Waals surface area contributed by atoms with Crippen LogP contribution in [0.15, 0.2) is 0 Å². The lowest BCUT2D eigenvalue weighted by molar-refractivity contribution is -0.117. The Labute approximate surface area is 293 Å². The van der Waals surface area contributed by atoms with Gasteiger partial charge in [-0.15, -0.1) is 0 Å². The summed E-state index contributed by atoms with van der Waals surface area (Å²) in [6.07, 6.45) is 60.4. The smallest absolute Gasteiger partial charge is 0.129 e. The van der Waals surface area contributed by atoms with Gasteiger partial charge in [0.2, 0.25) is 0 Å². The van der Waals surface area contributed by atoms with Crippen LogP contribution < -0.4 is 0 Å². The first-order valence-electron chi connectivity index (χ1n) is 22.3. The first-order valence-corrected chi connectivity index (χ1v) is 22.3. The topological polar surface area (TPSA) is 17.1 Å². The van der Waals surface area contributed by atoms with E-state index in [4.69, 9.17) is 0 Å². The molecule has 0 aromatic carbocycles. The van der Waals surface area contributed by atoms with Crippen LogP contribution in [0.5, 0.6) is 0 Å². The molecule has 0 aromatic rings. The van der Waals surface area contributed by atoms with Gasteiger partial charge in [0.05, 0.1) is 0 Å². The lowest BCUT2D eigenvalue weighted by Gasteiger charge is -2.05. The van der Waals surface area contributed by atoms with E-state index in [0.717, 1.165) is 12.8 Å². The SMILES string of the molecule is CCCCCCCCCCCCCCCCCCCCCCCCCCCCCCCCCCCCCCCCCCCC(C)=O. The minimum atomic E-state index is 0.353. The Morgan fingerprint density at radius 3 is 0.500 bits per heavy atom. The van der Waals surface area contributed by atoms with Crippen LogP contribution in [0, 0.1) is 0 Å². The quantitative estimate of drug-likeness (QED) is 0.0603. The van der Waals surface area contributed by atoms with E-state index in [9.17, 15) is 4.79 Å². The van der Waals surface area contributed by atoms with E-state index in [0.29, 0.717) is 5.78 Å². The summed E-state index contributed by atoms with van der Waals surface area (Å²) in [4.78, 5) is 10.9. The van der Waals surface area contributed by atoms with Gasteiger partial charge in [0.1, 0.15) is 5.78 Å². The maximum atomic E-state index is 10.9. The van der Waals surface area contributed by atoms with Gasteiger partial charge in [0.25, 0.3) is 0 Å². The molecule has 0 rings (SSSR count). The van der Waals surface area contributed by atoms with Crippen LogP contribution in [-0.2, 0) is 4.79 Å². The molecular weight excluding hydrogens is 556 g/mol.